The minimum absolute atomic E-state index is 0.00799. The summed E-state index contributed by atoms with van der Waals surface area (Å²) in [5.74, 6) is -0.309. The summed E-state index contributed by atoms with van der Waals surface area (Å²) in [6.45, 7) is 15.5. The maximum atomic E-state index is 14.4. The van der Waals surface area contributed by atoms with Crippen molar-refractivity contribution < 1.29 is 23.0 Å². The van der Waals surface area contributed by atoms with Crippen molar-refractivity contribution in [3.05, 3.63) is 118 Å². The summed E-state index contributed by atoms with van der Waals surface area (Å²) < 4.78 is 39.1. The number of halogens is 2. The van der Waals surface area contributed by atoms with Crippen molar-refractivity contribution in [2.24, 2.45) is 0 Å². The molecule has 1 unspecified atom stereocenters. The SMILES string of the molecule is C=C(C)CN1CC=C(c2cc(OCc3ccc(C#N)cc3F)ccc2F)CC1.CCC1CCO1.[B]C(=O)c1ccc(C)c(C)c1. The maximum Gasteiger partial charge on any atom is 0.175 e. The van der Waals surface area contributed by atoms with E-state index in [0.717, 1.165) is 49.4 Å². The Balaban J connectivity index is 0.000000263. The summed E-state index contributed by atoms with van der Waals surface area (Å²) in [6, 6.07) is 16.2. The van der Waals surface area contributed by atoms with E-state index in [9.17, 15) is 13.6 Å². The smallest absolute Gasteiger partial charge is 0.175 e. The standard InChI is InChI=1S/C23H22F2N2O.C9H9BO.C5H10O/c1-16(2)14-27-9-7-18(8-10-27)21-12-20(5-6-22(21)24)28-15-19-4-3-17(13-26)11-23(19)25;1-6-3-4-8(9(10)11)5-7(6)2;1-2-5-3-4-6-5/h3-7,11-12H,1,8-10,14-15H2,2H3;3-5H,1-2H3;5H,2-4H2,1H3. The molecule has 8 heteroatoms. The molecule has 0 amide bonds. The van der Waals surface area contributed by atoms with Crippen LogP contribution >= 0.6 is 0 Å². The molecule has 3 aromatic rings. The molecule has 1 saturated heterocycles. The molecule has 2 aliphatic rings. The van der Waals surface area contributed by atoms with E-state index in [1.54, 1.807) is 24.3 Å². The Bertz CT molecular complexity index is 1560. The fourth-order valence-electron chi connectivity index (χ4n) is 4.72. The van der Waals surface area contributed by atoms with Gasteiger partial charge < -0.3 is 14.3 Å². The number of carbonyl (C=O) groups is 1. The predicted molar refractivity (Wildman–Crippen MR) is 176 cm³/mol. The first kappa shape index (κ1) is 35.4. The predicted octanol–water partition coefficient (Wildman–Crippen LogP) is 7.88. The quantitative estimate of drug-likeness (QED) is 0.192. The fourth-order valence-corrected chi connectivity index (χ4v) is 4.72. The van der Waals surface area contributed by atoms with Gasteiger partial charge in [0.1, 0.15) is 29.7 Å². The molecule has 2 aliphatic heterocycles. The highest BCUT2D eigenvalue weighted by molar-refractivity contribution is 6.62. The number of ether oxygens (including phenoxy) is 2. The molecule has 45 heavy (non-hydrogen) atoms. The van der Waals surface area contributed by atoms with Crippen LogP contribution in [0.25, 0.3) is 5.57 Å². The van der Waals surface area contributed by atoms with Crippen LogP contribution in [0, 0.1) is 36.8 Å². The molecule has 0 bridgehead atoms. The molecule has 234 valence electrons. The Hall–Kier alpha value is -4.06. The van der Waals surface area contributed by atoms with Crippen LogP contribution in [-0.4, -0.2) is 50.8 Å². The van der Waals surface area contributed by atoms with Gasteiger partial charge in [0.2, 0.25) is 0 Å². The molecule has 3 aromatic carbocycles. The van der Waals surface area contributed by atoms with Gasteiger partial charge in [-0.1, -0.05) is 43.4 Å². The molecular weight excluding hydrogens is 569 g/mol. The molecule has 0 spiro atoms. The molecule has 0 N–H and O–H groups in total. The number of nitriles is 1. The lowest BCUT2D eigenvalue weighted by atomic mass is 9.93. The Kier molecular flexibility index (Phi) is 13.7. The van der Waals surface area contributed by atoms with Gasteiger partial charge in [0, 0.05) is 42.9 Å². The number of nitrogens with zero attached hydrogens (tertiary/aromatic N) is 2. The molecular formula is C37H41BF2N2O3. The van der Waals surface area contributed by atoms with Gasteiger partial charge in [0.15, 0.2) is 7.85 Å². The Morgan fingerprint density at radius 1 is 1.11 bits per heavy atom. The highest BCUT2D eigenvalue weighted by Crippen LogP contribution is 2.29. The minimum Gasteiger partial charge on any atom is -0.489 e. The van der Waals surface area contributed by atoms with Gasteiger partial charge >= 0.3 is 0 Å². The lowest BCUT2D eigenvalue weighted by Gasteiger charge is -2.26. The van der Waals surface area contributed by atoms with Crippen molar-refractivity contribution in [3.63, 3.8) is 0 Å². The molecule has 2 heterocycles. The van der Waals surface area contributed by atoms with Crippen LogP contribution in [0.1, 0.15) is 71.3 Å². The van der Waals surface area contributed by atoms with Crippen molar-refractivity contribution >= 4 is 19.1 Å². The first-order chi connectivity index (χ1) is 21.5. The molecule has 0 aliphatic carbocycles. The van der Waals surface area contributed by atoms with Crippen LogP contribution < -0.4 is 4.74 Å². The van der Waals surface area contributed by atoms with Crippen LogP contribution in [0.3, 0.4) is 0 Å². The van der Waals surface area contributed by atoms with Crippen molar-refractivity contribution in [1.29, 1.82) is 5.26 Å². The average molecular weight is 611 g/mol. The second-order valence-corrected chi connectivity index (χ2v) is 11.4. The van der Waals surface area contributed by atoms with Crippen molar-refractivity contribution in [3.8, 4) is 11.8 Å². The van der Waals surface area contributed by atoms with E-state index in [1.807, 2.05) is 39.0 Å². The van der Waals surface area contributed by atoms with E-state index in [-0.39, 0.29) is 23.7 Å². The van der Waals surface area contributed by atoms with Crippen molar-refractivity contribution in [1.82, 2.24) is 4.90 Å². The zero-order valence-electron chi connectivity index (χ0n) is 26.7. The van der Waals surface area contributed by atoms with Crippen LogP contribution in [0.15, 0.2) is 72.8 Å². The van der Waals surface area contributed by atoms with Gasteiger partial charge in [-0.3, -0.25) is 4.90 Å². The number of carbonyl (C=O) groups excluding carboxylic acids is 1. The third-order valence-electron chi connectivity index (χ3n) is 7.69. The monoisotopic (exact) mass is 610 g/mol. The van der Waals surface area contributed by atoms with Gasteiger partial charge in [-0.05, 0) is 93.1 Å². The van der Waals surface area contributed by atoms with Crippen molar-refractivity contribution in [2.45, 2.75) is 59.7 Å². The Morgan fingerprint density at radius 2 is 1.87 bits per heavy atom. The maximum absolute atomic E-state index is 14.4. The minimum atomic E-state index is -0.492. The highest BCUT2D eigenvalue weighted by atomic mass is 19.1. The highest BCUT2D eigenvalue weighted by Gasteiger charge is 2.17. The third-order valence-corrected chi connectivity index (χ3v) is 7.69. The zero-order chi connectivity index (χ0) is 32.9. The van der Waals surface area contributed by atoms with Crippen molar-refractivity contribution in [2.75, 3.05) is 26.2 Å². The summed E-state index contributed by atoms with van der Waals surface area (Å²) in [7, 11) is 5.09. The summed E-state index contributed by atoms with van der Waals surface area (Å²) in [6.07, 6.45) is 5.88. The summed E-state index contributed by atoms with van der Waals surface area (Å²) in [5.41, 5.74) is 5.66. The second-order valence-electron chi connectivity index (χ2n) is 11.4. The third kappa shape index (κ3) is 11.1. The van der Waals surface area contributed by atoms with Gasteiger partial charge in [-0.25, -0.2) is 8.78 Å². The lowest BCUT2D eigenvalue weighted by Crippen LogP contribution is -2.29. The van der Waals surface area contributed by atoms with E-state index in [0.29, 0.717) is 28.5 Å². The van der Waals surface area contributed by atoms with E-state index in [2.05, 4.69) is 18.4 Å². The molecule has 5 nitrogen and oxygen atoms in total. The van der Waals surface area contributed by atoms with E-state index < -0.39 is 5.82 Å². The molecule has 1 atom stereocenters. The number of benzene rings is 3. The fraction of sp³-hybridized carbons (Fsp3) is 0.351. The lowest BCUT2D eigenvalue weighted by molar-refractivity contribution is -0.0516. The van der Waals surface area contributed by atoms with E-state index >= 15 is 0 Å². The number of hydrogen-bond acceptors (Lipinski definition) is 5. The number of rotatable bonds is 8. The van der Waals surface area contributed by atoms with Gasteiger partial charge in [-0.2, -0.15) is 5.26 Å². The Morgan fingerprint density at radius 3 is 2.38 bits per heavy atom. The molecule has 0 aromatic heterocycles. The van der Waals surface area contributed by atoms with Gasteiger partial charge in [0.25, 0.3) is 0 Å². The average Bonchev–Trinajstić information content (AvgIpc) is 2.99. The van der Waals surface area contributed by atoms with Crippen LogP contribution in [0.2, 0.25) is 0 Å². The summed E-state index contributed by atoms with van der Waals surface area (Å²) in [5, 5.41) is 8.80. The topological polar surface area (TPSA) is 62.6 Å². The first-order valence-corrected chi connectivity index (χ1v) is 15.2. The summed E-state index contributed by atoms with van der Waals surface area (Å²) >= 11 is 0. The molecule has 2 radical (unpaired) electrons. The van der Waals surface area contributed by atoms with Crippen LogP contribution in [0.5, 0.6) is 5.75 Å². The number of aryl methyl sites for hydroxylation is 2. The van der Waals surface area contributed by atoms with E-state index in [1.165, 1.54) is 42.7 Å². The molecule has 1 fully saturated rings. The number of hydrogen-bond donors (Lipinski definition) is 0. The second kappa shape index (κ2) is 17.4. The summed E-state index contributed by atoms with van der Waals surface area (Å²) in [4.78, 5) is 12.9. The van der Waals surface area contributed by atoms with Crippen LogP contribution in [0.4, 0.5) is 8.78 Å². The zero-order valence-corrected chi connectivity index (χ0v) is 26.7. The molecule has 5 rings (SSSR count). The van der Waals surface area contributed by atoms with E-state index in [4.69, 9.17) is 22.6 Å². The van der Waals surface area contributed by atoms with Gasteiger partial charge in [0.05, 0.1) is 17.7 Å². The van der Waals surface area contributed by atoms with Gasteiger partial charge in [-0.15, -0.1) is 0 Å². The molecule has 0 saturated carbocycles. The van der Waals surface area contributed by atoms with Crippen LogP contribution in [-0.2, 0) is 11.3 Å². The normalized spacial score (nSPS) is 15.6. The first-order valence-electron chi connectivity index (χ1n) is 15.2. The largest absolute Gasteiger partial charge is 0.489 e. The Labute approximate surface area is 267 Å².